The van der Waals surface area contributed by atoms with Gasteiger partial charge in [-0.3, -0.25) is 9.59 Å². The highest BCUT2D eigenvalue weighted by molar-refractivity contribution is 7.08. The van der Waals surface area contributed by atoms with E-state index >= 15 is 0 Å². The average Bonchev–Trinajstić information content (AvgIpc) is 3.56. The smallest absolute Gasteiger partial charge is 0.229 e. The van der Waals surface area contributed by atoms with E-state index < -0.39 is 6.10 Å². The minimum atomic E-state index is -0.617. The number of aliphatic hydroxyl groups is 1. The number of amides is 2. The standard InChI is InChI=1S/C24H26N2O4S/c27-21(7-14-5-6-31-13-14)25-11-18-19(12-25)23-17(8-20(30-23)22(18)28)24(29)26-9-15-3-1-2-4-16(15)10-26/h1-6,13,17-20,22-23,28H,7-12H2/t17-,18+,19-,20-,22-,23+/m0/s1. The van der Waals surface area contributed by atoms with Crippen molar-refractivity contribution in [1.82, 2.24) is 9.80 Å². The molecule has 1 aromatic heterocycles. The summed E-state index contributed by atoms with van der Waals surface area (Å²) < 4.78 is 6.19. The quantitative estimate of drug-likeness (QED) is 0.797. The van der Waals surface area contributed by atoms with E-state index in [9.17, 15) is 14.7 Å². The molecule has 0 aliphatic carbocycles. The largest absolute Gasteiger partial charge is 0.390 e. The molecule has 6 nitrogen and oxygen atoms in total. The van der Waals surface area contributed by atoms with Gasteiger partial charge in [-0.15, -0.1) is 0 Å². The Balaban J connectivity index is 1.18. The zero-order valence-electron chi connectivity index (χ0n) is 17.2. The molecule has 0 saturated carbocycles. The lowest BCUT2D eigenvalue weighted by molar-refractivity contribution is -0.148. The van der Waals surface area contributed by atoms with Gasteiger partial charge in [0.2, 0.25) is 11.8 Å². The predicted octanol–water partition coefficient (Wildman–Crippen LogP) is 2.06. The molecular weight excluding hydrogens is 412 g/mol. The number of nitrogens with zero attached hydrogens (tertiary/aromatic N) is 2. The van der Waals surface area contributed by atoms with Gasteiger partial charge in [-0.05, 0) is 39.9 Å². The summed E-state index contributed by atoms with van der Waals surface area (Å²) in [6.07, 6.45) is -0.171. The Morgan fingerprint density at radius 3 is 2.52 bits per heavy atom. The third-order valence-electron chi connectivity index (χ3n) is 7.63. The van der Waals surface area contributed by atoms with Crippen molar-refractivity contribution in [3.63, 3.8) is 0 Å². The highest BCUT2D eigenvalue weighted by atomic mass is 32.1. The second-order valence-corrected chi connectivity index (χ2v) is 10.1. The van der Waals surface area contributed by atoms with Crippen LogP contribution in [-0.4, -0.2) is 58.1 Å². The van der Waals surface area contributed by atoms with Crippen LogP contribution >= 0.6 is 11.3 Å². The van der Waals surface area contributed by atoms with Gasteiger partial charge in [0.1, 0.15) is 0 Å². The Labute approximate surface area is 185 Å². The summed E-state index contributed by atoms with van der Waals surface area (Å²) in [7, 11) is 0. The molecule has 0 unspecified atom stereocenters. The Morgan fingerprint density at radius 1 is 1.06 bits per heavy atom. The first-order chi connectivity index (χ1) is 15.1. The van der Waals surface area contributed by atoms with Crippen LogP contribution in [0.1, 0.15) is 23.1 Å². The topological polar surface area (TPSA) is 70.1 Å². The SMILES string of the molecule is O=C(Cc1ccsc1)N1C[C@H]2[C@H](O)[C@@H]3C[C@H](C(=O)N4Cc5ccccc5C4)[C@@H](O3)[C@H]2C1. The van der Waals surface area contributed by atoms with Gasteiger partial charge in [-0.1, -0.05) is 24.3 Å². The number of carbonyl (C=O) groups is 2. The number of rotatable bonds is 3. The summed E-state index contributed by atoms with van der Waals surface area (Å²) in [5, 5.41) is 14.9. The minimum absolute atomic E-state index is 0.0104. The number of thiophene rings is 1. The summed E-state index contributed by atoms with van der Waals surface area (Å²) >= 11 is 1.59. The number of likely N-dealkylation sites (tertiary alicyclic amines) is 1. The summed E-state index contributed by atoms with van der Waals surface area (Å²) in [4.78, 5) is 30.1. The van der Waals surface area contributed by atoms with Crippen LogP contribution < -0.4 is 0 Å². The number of hydrogen-bond donors (Lipinski definition) is 1. The predicted molar refractivity (Wildman–Crippen MR) is 115 cm³/mol. The lowest BCUT2D eigenvalue weighted by Gasteiger charge is -2.36. The minimum Gasteiger partial charge on any atom is -0.390 e. The molecule has 3 fully saturated rings. The average molecular weight is 439 g/mol. The molecule has 31 heavy (non-hydrogen) atoms. The Morgan fingerprint density at radius 2 is 1.81 bits per heavy atom. The van der Waals surface area contributed by atoms with E-state index in [1.807, 2.05) is 38.8 Å². The molecule has 3 saturated heterocycles. The van der Waals surface area contributed by atoms with Crippen LogP contribution in [0.15, 0.2) is 41.1 Å². The molecule has 1 N–H and O–H groups in total. The molecule has 162 valence electrons. The lowest BCUT2D eigenvalue weighted by Crippen LogP contribution is -2.47. The maximum absolute atomic E-state index is 13.5. The van der Waals surface area contributed by atoms with Gasteiger partial charge in [0.05, 0.1) is 30.7 Å². The summed E-state index contributed by atoms with van der Waals surface area (Å²) in [5.74, 6) is -0.0212. The fourth-order valence-corrected chi connectivity index (χ4v) is 6.71. The van der Waals surface area contributed by atoms with Crippen LogP contribution in [0.25, 0.3) is 0 Å². The van der Waals surface area contributed by atoms with Crippen molar-refractivity contribution in [3.05, 3.63) is 57.8 Å². The number of ether oxygens (including phenoxy) is 1. The molecule has 6 atom stereocenters. The first-order valence-electron chi connectivity index (χ1n) is 11.1. The summed E-state index contributed by atoms with van der Waals surface area (Å²) in [6.45, 7) is 2.41. The summed E-state index contributed by atoms with van der Waals surface area (Å²) in [5.41, 5.74) is 3.45. The van der Waals surface area contributed by atoms with Crippen molar-refractivity contribution in [2.45, 2.75) is 44.2 Å². The van der Waals surface area contributed by atoms with Gasteiger partial charge in [-0.25, -0.2) is 0 Å². The van der Waals surface area contributed by atoms with Gasteiger partial charge in [-0.2, -0.15) is 11.3 Å². The summed E-state index contributed by atoms with van der Waals surface area (Å²) in [6, 6.07) is 10.2. The van der Waals surface area contributed by atoms with Crippen LogP contribution in [0.3, 0.4) is 0 Å². The first kappa shape index (κ1) is 19.5. The lowest BCUT2D eigenvalue weighted by atomic mass is 9.83. The van der Waals surface area contributed by atoms with Crippen molar-refractivity contribution < 1.29 is 19.4 Å². The van der Waals surface area contributed by atoms with E-state index in [1.165, 1.54) is 11.1 Å². The first-order valence-corrected chi connectivity index (χ1v) is 12.0. The van der Waals surface area contributed by atoms with Crippen molar-refractivity contribution >= 4 is 23.2 Å². The zero-order chi connectivity index (χ0) is 21.1. The highest BCUT2D eigenvalue weighted by Crippen LogP contribution is 2.48. The van der Waals surface area contributed by atoms with Gasteiger partial charge in [0.15, 0.2) is 0 Å². The molecule has 4 aliphatic rings. The van der Waals surface area contributed by atoms with Crippen LogP contribution in [-0.2, 0) is 33.8 Å². The van der Waals surface area contributed by atoms with E-state index in [1.54, 1.807) is 11.3 Å². The number of carbonyl (C=O) groups excluding carboxylic acids is 2. The Kier molecular flexibility index (Phi) is 4.67. The molecule has 0 radical (unpaired) electrons. The number of aliphatic hydroxyl groups excluding tert-OH is 1. The molecular formula is C24H26N2O4S. The van der Waals surface area contributed by atoms with Gasteiger partial charge >= 0.3 is 0 Å². The van der Waals surface area contributed by atoms with E-state index in [4.69, 9.17) is 4.74 Å². The van der Waals surface area contributed by atoms with Crippen LogP contribution in [0.2, 0.25) is 0 Å². The second kappa shape index (κ2) is 7.43. The number of hydrogen-bond acceptors (Lipinski definition) is 5. The van der Waals surface area contributed by atoms with Gasteiger partial charge in [0, 0.05) is 38.0 Å². The number of benzene rings is 1. The van der Waals surface area contributed by atoms with E-state index in [-0.39, 0.29) is 41.8 Å². The fourth-order valence-electron chi connectivity index (χ4n) is 6.04. The van der Waals surface area contributed by atoms with E-state index in [0.29, 0.717) is 39.0 Å². The van der Waals surface area contributed by atoms with Crippen LogP contribution in [0.4, 0.5) is 0 Å². The Hall–Kier alpha value is -2.22. The van der Waals surface area contributed by atoms with Crippen molar-refractivity contribution in [2.24, 2.45) is 17.8 Å². The van der Waals surface area contributed by atoms with Crippen LogP contribution in [0.5, 0.6) is 0 Å². The van der Waals surface area contributed by atoms with Crippen LogP contribution in [0, 0.1) is 17.8 Å². The monoisotopic (exact) mass is 438 g/mol. The van der Waals surface area contributed by atoms with E-state index in [2.05, 4.69) is 12.1 Å². The molecule has 2 bridgehead atoms. The zero-order valence-corrected chi connectivity index (χ0v) is 18.0. The molecule has 7 heteroatoms. The maximum Gasteiger partial charge on any atom is 0.229 e. The fraction of sp³-hybridized carbons (Fsp3) is 0.500. The van der Waals surface area contributed by atoms with Crippen molar-refractivity contribution in [2.75, 3.05) is 13.1 Å². The van der Waals surface area contributed by atoms with Crippen molar-refractivity contribution in [3.8, 4) is 0 Å². The Bertz CT molecular complexity index is 984. The van der Waals surface area contributed by atoms with Gasteiger partial charge in [0.25, 0.3) is 0 Å². The molecule has 4 aliphatic heterocycles. The van der Waals surface area contributed by atoms with E-state index in [0.717, 1.165) is 5.56 Å². The third-order valence-corrected chi connectivity index (χ3v) is 8.36. The molecule has 6 rings (SSSR count). The number of fused-ring (bicyclic) bond motifs is 5. The third kappa shape index (κ3) is 3.22. The highest BCUT2D eigenvalue weighted by Gasteiger charge is 2.58. The molecule has 2 amide bonds. The molecule has 5 heterocycles. The van der Waals surface area contributed by atoms with Crippen molar-refractivity contribution in [1.29, 1.82) is 0 Å². The normalized spacial score (nSPS) is 33.5. The second-order valence-electron chi connectivity index (χ2n) is 9.37. The van der Waals surface area contributed by atoms with Gasteiger partial charge < -0.3 is 19.6 Å². The molecule has 2 aromatic rings. The maximum atomic E-state index is 13.5. The molecule has 0 spiro atoms. The molecule has 1 aromatic carbocycles.